The van der Waals surface area contributed by atoms with E-state index in [2.05, 4.69) is 22.0 Å². The van der Waals surface area contributed by atoms with Crippen molar-refractivity contribution in [3.8, 4) is 0 Å². The number of nitrogens with zero attached hydrogens (tertiary/aromatic N) is 1. The molecule has 2 aromatic rings. The first-order valence-electron chi connectivity index (χ1n) is 11.3. The normalized spacial score (nSPS) is 13.3. The number of carbonyl (C=O) groups excluding carboxylic acids is 3. The van der Waals surface area contributed by atoms with Crippen LogP contribution in [0.2, 0.25) is 0 Å². The Labute approximate surface area is 194 Å². The molecule has 1 aromatic carbocycles. The Kier molecular flexibility index (Phi) is 9.26. The first-order valence-corrected chi connectivity index (χ1v) is 11.3. The van der Waals surface area contributed by atoms with Crippen LogP contribution in [0.1, 0.15) is 53.8 Å². The van der Waals surface area contributed by atoms with Gasteiger partial charge >= 0.3 is 6.03 Å². The topological polar surface area (TPSA) is 104 Å². The summed E-state index contributed by atoms with van der Waals surface area (Å²) in [5.74, 6) is 0.173. The molecule has 8 nitrogen and oxygen atoms in total. The fraction of sp³-hybridized carbons (Fsp3) is 0.400. The number of hydrogen-bond donors (Lipinski definition) is 3. The van der Waals surface area contributed by atoms with Gasteiger partial charge in [0, 0.05) is 25.7 Å². The lowest BCUT2D eigenvalue weighted by Crippen LogP contribution is -2.44. The van der Waals surface area contributed by atoms with Crippen LogP contribution < -0.4 is 16.0 Å². The Balaban J connectivity index is 1.51. The van der Waals surface area contributed by atoms with Crippen molar-refractivity contribution < 1.29 is 18.8 Å². The third-order valence-corrected chi connectivity index (χ3v) is 5.55. The second-order valence-electron chi connectivity index (χ2n) is 8.16. The van der Waals surface area contributed by atoms with Gasteiger partial charge in [-0.25, -0.2) is 4.79 Å². The summed E-state index contributed by atoms with van der Waals surface area (Å²) in [4.78, 5) is 38.3. The van der Waals surface area contributed by atoms with Crippen molar-refractivity contribution in [2.24, 2.45) is 0 Å². The molecule has 1 aliphatic rings. The number of amides is 4. The van der Waals surface area contributed by atoms with Crippen LogP contribution in [0.3, 0.4) is 0 Å². The molecule has 0 saturated carbocycles. The van der Waals surface area contributed by atoms with E-state index in [1.54, 1.807) is 31.5 Å². The fourth-order valence-electron chi connectivity index (χ4n) is 3.84. The van der Waals surface area contributed by atoms with Crippen molar-refractivity contribution in [3.63, 3.8) is 0 Å². The van der Waals surface area contributed by atoms with E-state index in [0.717, 1.165) is 30.6 Å². The number of urea groups is 1. The lowest BCUT2D eigenvalue weighted by Gasteiger charge is -2.21. The van der Waals surface area contributed by atoms with Crippen LogP contribution >= 0.6 is 0 Å². The third kappa shape index (κ3) is 8.23. The van der Waals surface area contributed by atoms with Crippen LogP contribution in [0.15, 0.2) is 58.7 Å². The maximum atomic E-state index is 12.5. The van der Waals surface area contributed by atoms with Crippen molar-refractivity contribution in [3.05, 3.63) is 71.2 Å². The van der Waals surface area contributed by atoms with Gasteiger partial charge in [0.25, 0.3) is 5.91 Å². The molecule has 176 valence electrons. The summed E-state index contributed by atoms with van der Waals surface area (Å²) < 4.78 is 5.43. The summed E-state index contributed by atoms with van der Waals surface area (Å²) in [7, 11) is 1.59. The van der Waals surface area contributed by atoms with E-state index in [1.807, 2.05) is 23.1 Å². The predicted molar refractivity (Wildman–Crippen MR) is 125 cm³/mol. The molecule has 1 aromatic heterocycles. The molecule has 0 radical (unpaired) electrons. The van der Waals surface area contributed by atoms with Gasteiger partial charge in [0.15, 0.2) is 0 Å². The Bertz CT molecular complexity index is 951. The van der Waals surface area contributed by atoms with Gasteiger partial charge in [0.05, 0.1) is 19.4 Å². The van der Waals surface area contributed by atoms with Crippen molar-refractivity contribution in [2.45, 2.75) is 45.2 Å². The minimum absolute atomic E-state index is 0.0243. The second kappa shape index (κ2) is 12.6. The molecule has 8 heteroatoms. The molecule has 0 aliphatic heterocycles. The smallest absolute Gasteiger partial charge is 0.321 e. The summed E-state index contributed by atoms with van der Waals surface area (Å²) in [5, 5.41) is 7.77. The first-order chi connectivity index (χ1) is 16.0. The molecule has 0 saturated heterocycles. The quantitative estimate of drug-likeness (QED) is 0.480. The van der Waals surface area contributed by atoms with E-state index >= 15 is 0 Å². The standard InChI is InChI=1S/C25H32N4O4/c1-26-24(31)21-11-9-20(10-12-21)16-29(17-22-8-5-15-33-22)18-23(30)28-25(32)27-14-13-19-6-3-2-4-7-19/h5-6,8-12,15H,2-4,7,13-14,16-18H2,1H3,(H,26,31)(H2,27,28,30,32). The predicted octanol–water partition coefficient (Wildman–Crippen LogP) is 3.36. The van der Waals surface area contributed by atoms with E-state index in [1.165, 1.54) is 18.4 Å². The summed E-state index contributed by atoms with van der Waals surface area (Å²) in [6.07, 6.45) is 9.30. The molecule has 0 spiro atoms. The summed E-state index contributed by atoms with van der Waals surface area (Å²) in [5.41, 5.74) is 2.88. The van der Waals surface area contributed by atoms with Gasteiger partial charge in [-0.15, -0.1) is 0 Å². The average molecular weight is 453 g/mol. The van der Waals surface area contributed by atoms with Crippen LogP contribution in [0, 0.1) is 0 Å². The molecule has 0 fully saturated rings. The molecule has 0 unspecified atom stereocenters. The van der Waals surface area contributed by atoms with Crippen molar-refractivity contribution >= 4 is 17.8 Å². The molecule has 33 heavy (non-hydrogen) atoms. The number of benzene rings is 1. The monoisotopic (exact) mass is 452 g/mol. The van der Waals surface area contributed by atoms with Gasteiger partial charge in [-0.2, -0.15) is 0 Å². The van der Waals surface area contributed by atoms with E-state index in [-0.39, 0.29) is 12.5 Å². The number of rotatable bonds is 10. The van der Waals surface area contributed by atoms with Gasteiger partial charge in [0.2, 0.25) is 5.91 Å². The largest absolute Gasteiger partial charge is 0.468 e. The zero-order chi connectivity index (χ0) is 23.5. The van der Waals surface area contributed by atoms with Crippen molar-refractivity contribution in [1.29, 1.82) is 0 Å². The van der Waals surface area contributed by atoms with E-state index in [4.69, 9.17) is 4.42 Å². The number of carbonyl (C=O) groups is 3. The van der Waals surface area contributed by atoms with Crippen molar-refractivity contribution in [1.82, 2.24) is 20.9 Å². The number of allylic oxidation sites excluding steroid dienone is 1. The Hall–Kier alpha value is -3.39. The molecule has 0 atom stereocenters. The highest BCUT2D eigenvalue weighted by Crippen LogP contribution is 2.19. The minimum Gasteiger partial charge on any atom is -0.468 e. The SMILES string of the molecule is CNC(=O)c1ccc(CN(CC(=O)NC(=O)NCCC2=CCCCC2)Cc2ccco2)cc1. The molecular weight excluding hydrogens is 420 g/mol. The number of imide groups is 1. The minimum atomic E-state index is -0.482. The molecule has 0 bridgehead atoms. The maximum absolute atomic E-state index is 12.5. The summed E-state index contributed by atoms with van der Waals surface area (Å²) in [6.45, 7) is 1.40. The molecule has 1 heterocycles. The summed E-state index contributed by atoms with van der Waals surface area (Å²) in [6, 6.07) is 10.3. The first kappa shape index (κ1) is 24.3. The second-order valence-corrected chi connectivity index (χ2v) is 8.16. The highest BCUT2D eigenvalue weighted by molar-refractivity contribution is 5.95. The zero-order valence-corrected chi connectivity index (χ0v) is 19.1. The average Bonchev–Trinajstić information content (AvgIpc) is 3.32. The van der Waals surface area contributed by atoms with E-state index in [9.17, 15) is 14.4 Å². The number of hydrogen-bond acceptors (Lipinski definition) is 5. The van der Waals surface area contributed by atoms with E-state index in [0.29, 0.717) is 25.2 Å². The van der Waals surface area contributed by atoms with Gasteiger partial charge < -0.3 is 15.1 Å². The van der Waals surface area contributed by atoms with Crippen molar-refractivity contribution in [2.75, 3.05) is 20.1 Å². The third-order valence-electron chi connectivity index (χ3n) is 5.55. The van der Waals surface area contributed by atoms with Gasteiger partial charge in [0.1, 0.15) is 5.76 Å². The van der Waals surface area contributed by atoms with Crippen LogP contribution in [-0.4, -0.2) is 42.9 Å². The molecule has 4 amide bonds. The summed E-state index contributed by atoms with van der Waals surface area (Å²) >= 11 is 0. The van der Waals surface area contributed by atoms with Gasteiger partial charge in [-0.1, -0.05) is 23.8 Å². The van der Waals surface area contributed by atoms with E-state index < -0.39 is 11.9 Å². The Morgan fingerprint density at radius 3 is 2.55 bits per heavy atom. The molecule has 3 rings (SSSR count). The molecule has 3 N–H and O–H groups in total. The highest BCUT2D eigenvalue weighted by Gasteiger charge is 2.16. The lowest BCUT2D eigenvalue weighted by atomic mass is 9.97. The highest BCUT2D eigenvalue weighted by atomic mass is 16.3. The van der Waals surface area contributed by atoms with Crippen LogP contribution in [0.5, 0.6) is 0 Å². The van der Waals surface area contributed by atoms with Crippen LogP contribution in [0.25, 0.3) is 0 Å². The van der Waals surface area contributed by atoms with Crippen LogP contribution in [-0.2, 0) is 17.9 Å². The van der Waals surface area contributed by atoms with Crippen LogP contribution in [0.4, 0.5) is 4.79 Å². The molecule has 1 aliphatic carbocycles. The Morgan fingerprint density at radius 1 is 1.06 bits per heavy atom. The number of furan rings is 1. The zero-order valence-electron chi connectivity index (χ0n) is 19.1. The maximum Gasteiger partial charge on any atom is 0.321 e. The lowest BCUT2D eigenvalue weighted by molar-refractivity contribution is -0.121. The fourth-order valence-corrected chi connectivity index (χ4v) is 3.84. The Morgan fingerprint density at radius 2 is 1.88 bits per heavy atom. The van der Waals surface area contributed by atoms with Gasteiger partial charge in [-0.3, -0.25) is 19.8 Å². The van der Waals surface area contributed by atoms with Gasteiger partial charge in [-0.05, 0) is 61.9 Å². The molecular formula is C25H32N4O4. The number of nitrogens with one attached hydrogen (secondary N) is 3.